The quantitative estimate of drug-likeness (QED) is 0.719. The van der Waals surface area contributed by atoms with Crippen molar-refractivity contribution in [2.45, 2.75) is 25.7 Å². The molecule has 3 heterocycles. The number of phenolic OH excluding ortho intramolecular Hbond substituents is 1. The average molecular weight is 376 g/mol. The van der Waals surface area contributed by atoms with E-state index in [4.69, 9.17) is 0 Å². The van der Waals surface area contributed by atoms with Gasteiger partial charge in [-0.15, -0.1) is 0 Å². The van der Waals surface area contributed by atoms with E-state index in [0.717, 1.165) is 5.39 Å². The standard InChI is InChI=1S/C18H15F3N4O2/c19-18(20,21)17-23-13-6-7-25(9-12(13)16(27)24-17)8-11-5-4-10-2-1-3-14(26)15(10)22-11/h1-5,26H,6-9H2,(H,23,24,27). The summed E-state index contributed by atoms with van der Waals surface area (Å²) in [7, 11) is 0. The number of hydrogen-bond acceptors (Lipinski definition) is 5. The molecule has 2 aromatic heterocycles. The number of benzene rings is 1. The number of phenols is 1. The van der Waals surface area contributed by atoms with Gasteiger partial charge in [-0.1, -0.05) is 18.2 Å². The Morgan fingerprint density at radius 2 is 2.00 bits per heavy atom. The minimum Gasteiger partial charge on any atom is -0.506 e. The Labute approximate surface area is 151 Å². The van der Waals surface area contributed by atoms with Crippen molar-refractivity contribution < 1.29 is 18.3 Å². The van der Waals surface area contributed by atoms with Crippen LogP contribution < -0.4 is 5.56 Å². The maximum absolute atomic E-state index is 12.8. The molecule has 1 aliphatic rings. The Balaban J connectivity index is 1.59. The fourth-order valence-electron chi connectivity index (χ4n) is 3.24. The number of aromatic amines is 1. The Bertz CT molecular complexity index is 1080. The van der Waals surface area contributed by atoms with Gasteiger partial charge >= 0.3 is 6.18 Å². The third-order valence-corrected chi connectivity index (χ3v) is 4.56. The van der Waals surface area contributed by atoms with Gasteiger partial charge in [0.15, 0.2) is 0 Å². The first-order valence-electron chi connectivity index (χ1n) is 8.30. The number of alkyl halides is 3. The van der Waals surface area contributed by atoms with Crippen LogP contribution in [0.1, 0.15) is 22.8 Å². The van der Waals surface area contributed by atoms with Gasteiger partial charge in [-0.3, -0.25) is 9.69 Å². The third kappa shape index (κ3) is 3.37. The summed E-state index contributed by atoms with van der Waals surface area (Å²) in [5.41, 5.74) is 0.857. The van der Waals surface area contributed by atoms with E-state index >= 15 is 0 Å². The predicted octanol–water partition coefficient (Wildman–Crippen LogP) is 2.60. The molecule has 0 amide bonds. The van der Waals surface area contributed by atoms with Crippen LogP contribution in [-0.2, 0) is 25.7 Å². The van der Waals surface area contributed by atoms with Crippen LogP contribution in [0, 0.1) is 0 Å². The predicted molar refractivity (Wildman–Crippen MR) is 91.1 cm³/mol. The second kappa shape index (κ2) is 6.34. The number of fused-ring (bicyclic) bond motifs is 2. The minimum absolute atomic E-state index is 0.0821. The molecule has 3 aromatic rings. The fourth-order valence-corrected chi connectivity index (χ4v) is 3.24. The van der Waals surface area contributed by atoms with Crippen molar-refractivity contribution in [1.29, 1.82) is 0 Å². The first-order valence-corrected chi connectivity index (χ1v) is 8.30. The molecule has 4 rings (SSSR count). The van der Waals surface area contributed by atoms with Crippen molar-refractivity contribution in [3.05, 3.63) is 63.5 Å². The smallest absolute Gasteiger partial charge is 0.449 e. The zero-order valence-corrected chi connectivity index (χ0v) is 14.0. The molecule has 0 radical (unpaired) electrons. The number of H-pyrrole nitrogens is 1. The van der Waals surface area contributed by atoms with Crippen molar-refractivity contribution in [3.63, 3.8) is 0 Å². The first-order chi connectivity index (χ1) is 12.8. The highest BCUT2D eigenvalue weighted by Gasteiger charge is 2.35. The van der Waals surface area contributed by atoms with E-state index in [1.165, 1.54) is 0 Å². The van der Waals surface area contributed by atoms with Gasteiger partial charge in [0.2, 0.25) is 5.82 Å². The summed E-state index contributed by atoms with van der Waals surface area (Å²) in [5.74, 6) is -1.18. The molecule has 27 heavy (non-hydrogen) atoms. The van der Waals surface area contributed by atoms with Crippen LogP contribution in [0.15, 0.2) is 35.1 Å². The molecular formula is C18H15F3N4O2. The highest BCUT2D eigenvalue weighted by atomic mass is 19.4. The summed E-state index contributed by atoms with van der Waals surface area (Å²) in [4.78, 5) is 23.9. The van der Waals surface area contributed by atoms with E-state index in [9.17, 15) is 23.1 Å². The molecule has 1 aromatic carbocycles. The lowest BCUT2D eigenvalue weighted by molar-refractivity contribution is -0.145. The summed E-state index contributed by atoms with van der Waals surface area (Å²) in [5, 5.41) is 10.7. The van der Waals surface area contributed by atoms with Crippen LogP contribution in [0.2, 0.25) is 0 Å². The van der Waals surface area contributed by atoms with Gasteiger partial charge < -0.3 is 10.1 Å². The maximum Gasteiger partial charge on any atom is 0.449 e. The molecule has 0 saturated carbocycles. The number of pyridine rings is 1. The topological polar surface area (TPSA) is 82.1 Å². The third-order valence-electron chi connectivity index (χ3n) is 4.56. The van der Waals surface area contributed by atoms with Gasteiger partial charge in [-0.05, 0) is 12.1 Å². The second-order valence-corrected chi connectivity index (χ2v) is 6.45. The lowest BCUT2D eigenvalue weighted by atomic mass is 10.1. The molecule has 0 atom stereocenters. The number of nitrogens with zero attached hydrogens (tertiary/aromatic N) is 3. The average Bonchev–Trinajstić information content (AvgIpc) is 2.62. The number of aromatic hydroxyl groups is 1. The van der Waals surface area contributed by atoms with Gasteiger partial charge in [0, 0.05) is 31.4 Å². The summed E-state index contributed by atoms with van der Waals surface area (Å²) in [6.45, 7) is 1.06. The maximum atomic E-state index is 12.8. The van der Waals surface area contributed by atoms with Crippen molar-refractivity contribution in [3.8, 4) is 5.75 Å². The van der Waals surface area contributed by atoms with E-state index < -0.39 is 17.6 Å². The van der Waals surface area contributed by atoms with Gasteiger partial charge in [0.1, 0.15) is 11.3 Å². The molecule has 0 unspecified atom stereocenters. The Hall–Kier alpha value is -2.94. The summed E-state index contributed by atoms with van der Waals surface area (Å²) < 4.78 is 38.4. The van der Waals surface area contributed by atoms with Crippen molar-refractivity contribution in [1.82, 2.24) is 19.9 Å². The molecule has 9 heteroatoms. The summed E-state index contributed by atoms with van der Waals surface area (Å²) in [6, 6.07) is 8.80. The van der Waals surface area contributed by atoms with Crippen molar-refractivity contribution in [2.75, 3.05) is 6.54 Å². The Morgan fingerprint density at radius 1 is 1.19 bits per heavy atom. The molecule has 2 N–H and O–H groups in total. The summed E-state index contributed by atoms with van der Waals surface area (Å²) >= 11 is 0. The van der Waals surface area contributed by atoms with E-state index in [1.54, 1.807) is 12.1 Å². The highest BCUT2D eigenvalue weighted by Crippen LogP contribution is 2.27. The molecular weight excluding hydrogens is 361 g/mol. The van der Waals surface area contributed by atoms with E-state index in [1.807, 2.05) is 28.1 Å². The van der Waals surface area contributed by atoms with Gasteiger partial charge in [-0.2, -0.15) is 13.2 Å². The van der Waals surface area contributed by atoms with Crippen LogP contribution in [0.5, 0.6) is 5.75 Å². The second-order valence-electron chi connectivity index (χ2n) is 6.45. The summed E-state index contributed by atoms with van der Waals surface area (Å²) in [6.07, 6.45) is -4.43. The molecule has 0 fully saturated rings. The van der Waals surface area contributed by atoms with E-state index in [0.29, 0.717) is 24.3 Å². The SMILES string of the molecule is O=c1[nH]c(C(F)(F)F)nc2c1CN(Cc1ccc3cccc(O)c3n1)CC2. The number of halogens is 3. The van der Waals surface area contributed by atoms with Crippen LogP contribution in [0.4, 0.5) is 13.2 Å². The largest absolute Gasteiger partial charge is 0.506 e. The van der Waals surface area contributed by atoms with Crippen molar-refractivity contribution >= 4 is 10.9 Å². The van der Waals surface area contributed by atoms with Crippen LogP contribution in [-0.4, -0.2) is 31.5 Å². The monoisotopic (exact) mass is 376 g/mol. The molecule has 1 aliphatic heterocycles. The molecule has 6 nitrogen and oxygen atoms in total. The minimum atomic E-state index is -4.68. The number of hydrogen-bond donors (Lipinski definition) is 2. The van der Waals surface area contributed by atoms with Crippen LogP contribution in [0.3, 0.4) is 0 Å². The number of rotatable bonds is 2. The van der Waals surface area contributed by atoms with Crippen molar-refractivity contribution in [2.24, 2.45) is 0 Å². The number of aromatic nitrogens is 3. The van der Waals surface area contributed by atoms with Crippen LogP contribution in [0.25, 0.3) is 10.9 Å². The van der Waals surface area contributed by atoms with Gasteiger partial charge in [-0.25, -0.2) is 9.97 Å². The van der Waals surface area contributed by atoms with Gasteiger partial charge in [0.25, 0.3) is 5.56 Å². The molecule has 0 aliphatic carbocycles. The Morgan fingerprint density at radius 3 is 2.78 bits per heavy atom. The van der Waals surface area contributed by atoms with Gasteiger partial charge in [0.05, 0.1) is 17.0 Å². The molecule has 0 saturated heterocycles. The first kappa shape index (κ1) is 17.5. The normalized spacial score (nSPS) is 15.1. The Kier molecular flexibility index (Phi) is 4.11. The van der Waals surface area contributed by atoms with E-state index in [2.05, 4.69) is 9.97 Å². The fraction of sp³-hybridized carbons (Fsp3) is 0.278. The molecule has 140 valence electrons. The zero-order chi connectivity index (χ0) is 19.2. The highest BCUT2D eigenvalue weighted by molar-refractivity contribution is 5.84. The zero-order valence-electron chi connectivity index (χ0n) is 14.0. The number of nitrogens with one attached hydrogen (secondary N) is 1. The number of para-hydroxylation sites is 1. The lowest BCUT2D eigenvalue weighted by Crippen LogP contribution is -2.36. The molecule has 0 bridgehead atoms. The van der Waals surface area contributed by atoms with E-state index in [-0.39, 0.29) is 30.0 Å². The molecule has 0 spiro atoms. The van der Waals surface area contributed by atoms with Crippen LogP contribution >= 0.6 is 0 Å². The lowest BCUT2D eigenvalue weighted by Gasteiger charge is -2.27.